The second-order valence-corrected chi connectivity index (χ2v) is 4.30. The number of hydrogen-bond donors (Lipinski definition) is 2. The lowest BCUT2D eigenvalue weighted by Crippen LogP contribution is -2.10. The van der Waals surface area contributed by atoms with Crippen LogP contribution in [0, 0.1) is 10.1 Å². The van der Waals surface area contributed by atoms with Crippen LogP contribution in [-0.4, -0.2) is 15.9 Å². The van der Waals surface area contributed by atoms with Crippen LogP contribution in [-0.2, 0) is 0 Å². The van der Waals surface area contributed by atoms with E-state index in [0.717, 1.165) is 6.07 Å². The first kappa shape index (κ1) is 13.1. The number of nitrogens with one attached hydrogen (secondary N) is 1. The molecular weight excluding hydrogens is 320 g/mol. The number of phenolic OH excluding ortho intramolecular Hbond substituents is 1. The minimum atomic E-state index is -0.644. The molecular formula is C11H7BrN2O5. The zero-order valence-corrected chi connectivity index (χ0v) is 10.9. The molecule has 0 aliphatic rings. The maximum Gasteiger partial charge on any atom is 0.291 e. The molecule has 0 saturated heterocycles. The van der Waals surface area contributed by atoms with Crippen LogP contribution in [0.25, 0.3) is 0 Å². The average Bonchev–Trinajstić information content (AvgIpc) is 2.78. The van der Waals surface area contributed by atoms with Crippen LogP contribution in [0.2, 0.25) is 0 Å². The molecule has 0 radical (unpaired) electrons. The fourth-order valence-electron chi connectivity index (χ4n) is 1.36. The van der Waals surface area contributed by atoms with E-state index >= 15 is 0 Å². The largest absolute Gasteiger partial charge is 0.506 e. The highest BCUT2D eigenvalue weighted by Gasteiger charge is 2.15. The molecule has 1 amide bonds. The van der Waals surface area contributed by atoms with Gasteiger partial charge >= 0.3 is 0 Å². The van der Waals surface area contributed by atoms with Crippen molar-refractivity contribution in [3.8, 4) is 5.75 Å². The van der Waals surface area contributed by atoms with Crippen LogP contribution < -0.4 is 5.32 Å². The summed E-state index contributed by atoms with van der Waals surface area (Å²) in [5, 5.41) is 22.5. The number of nitrogens with zero attached hydrogens (tertiary/aromatic N) is 1. The second kappa shape index (κ2) is 5.11. The lowest BCUT2D eigenvalue weighted by Gasteiger charge is -2.05. The van der Waals surface area contributed by atoms with Gasteiger partial charge in [-0.25, -0.2) is 0 Å². The van der Waals surface area contributed by atoms with Crippen molar-refractivity contribution in [2.24, 2.45) is 0 Å². The van der Waals surface area contributed by atoms with E-state index in [1.165, 1.54) is 18.2 Å². The molecule has 7 nitrogen and oxygen atoms in total. The number of aromatic hydroxyl groups is 1. The summed E-state index contributed by atoms with van der Waals surface area (Å²) < 4.78 is 5.43. The molecule has 2 N–H and O–H groups in total. The molecule has 0 spiro atoms. The third kappa shape index (κ3) is 2.91. The molecule has 1 heterocycles. The number of rotatable bonds is 3. The zero-order chi connectivity index (χ0) is 14.0. The van der Waals surface area contributed by atoms with Gasteiger partial charge in [-0.15, -0.1) is 0 Å². The molecule has 0 atom stereocenters. The highest BCUT2D eigenvalue weighted by molar-refractivity contribution is 9.10. The molecule has 0 aliphatic carbocycles. The average molecular weight is 327 g/mol. The monoisotopic (exact) mass is 326 g/mol. The molecule has 0 bridgehead atoms. The van der Waals surface area contributed by atoms with Crippen molar-refractivity contribution in [2.45, 2.75) is 0 Å². The lowest BCUT2D eigenvalue weighted by atomic mass is 10.2. The normalized spacial score (nSPS) is 10.2. The molecule has 1 aromatic carbocycles. The molecule has 2 aromatic rings. The Hall–Kier alpha value is -2.35. The van der Waals surface area contributed by atoms with Gasteiger partial charge in [0, 0.05) is 6.07 Å². The topological polar surface area (TPSA) is 106 Å². The van der Waals surface area contributed by atoms with Gasteiger partial charge in [-0.1, -0.05) is 0 Å². The Morgan fingerprint density at radius 2 is 2.11 bits per heavy atom. The van der Waals surface area contributed by atoms with Crippen molar-refractivity contribution in [1.29, 1.82) is 0 Å². The Morgan fingerprint density at radius 3 is 2.63 bits per heavy atom. The number of halogens is 1. The number of nitro benzene ring substituents is 1. The van der Waals surface area contributed by atoms with E-state index in [1.807, 2.05) is 0 Å². The van der Waals surface area contributed by atoms with Crippen LogP contribution in [0.1, 0.15) is 10.6 Å². The molecule has 0 saturated carbocycles. The molecule has 1 aromatic heterocycles. The fourth-order valence-corrected chi connectivity index (χ4v) is 1.67. The van der Waals surface area contributed by atoms with Gasteiger partial charge in [0.05, 0.1) is 16.7 Å². The third-order valence-electron chi connectivity index (χ3n) is 2.24. The fraction of sp³-hybridized carbons (Fsp3) is 0. The van der Waals surface area contributed by atoms with Gasteiger partial charge < -0.3 is 14.8 Å². The Balaban J connectivity index is 2.20. The number of carbonyl (C=O) groups is 1. The second-order valence-electron chi connectivity index (χ2n) is 3.52. The molecule has 0 aliphatic heterocycles. The number of carbonyl (C=O) groups excluding carboxylic acids is 1. The summed E-state index contributed by atoms with van der Waals surface area (Å²) in [4.78, 5) is 21.6. The standard InChI is InChI=1S/C11H7BrN2O5/c12-10-4-3-9(19-10)11(16)13-7-2-1-6(14(17)18)5-8(7)15/h1-5,15H,(H,13,16). The van der Waals surface area contributed by atoms with Crippen molar-refractivity contribution in [1.82, 2.24) is 0 Å². The van der Waals surface area contributed by atoms with Crippen molar-refractivity contribution in [3.05, 3.63) is 50.9 Å². The van der Waals surface area contributed by atoms with Crippen LogP contribution >= 0.6 is 15.9 Å². The van der Waals surface area contributed by atoms with Gasteiger partial charge in [0.2, 0.25) is 0 Å². The van der Waals surface area contributed by atoms with Gasteiger partial charge in [0.1, 0.15) is 5.75 Å². The first-order valence-electron chi connectivity index (χ1n) is 5.01. The van der Waals surface area contributed by atoms with E-state index in [4.69, 9.17) is 4.42 Å². The summed E-state index contributed by atoms with van der Waals surface area (Å²) in [5.41, 5.74) is -0.209. The van der Waals surface area contributed by atoms with Crippen LogP contribution in [0.5, 0.6) is 5.75 Å². The minimum Gasteiger partial charge on any atom is -0.506 e. The Morgan fingerprint density at radius 1 is 1.37 bits per heavy atom. The van der Waals surface area contributed by atoms with Crippen LogP contribution in [0.4, 0.5) is 11.4 Å². The quantitative estimate of drug-likeness (QED) is 0.512. The number of amides is 1. The molecule has 19 heavy (non-hydrogen) atoms. The van der Waals surface area contributed by atoms with Gasteiger partial charge in [-0.3, -0.25) is 14.9 Å². The number of furan rings is 1. The van der Waals surface area contributed by atoms with E-state index in [0.29, 0.717) is 4.67 Å². The smallest absolute Gasteiger partial charge is 0.291 e. The van der Waals surface area contributed by atoms with Gasteiger partial charge in [0.15, 0.2) is 10.4 Å². The number of benzene rings is 1. The zero-order valence-electron chi connectivity index (χ0n) is 9.29. The summed E-state index contributed by atoms with van der Waals surface area (Å²) in [7, 11) is 0. The Kier molecular flexibility index (Phi) is 3.52. The number of hydrogen-bond acceptors (Lipinski definition) is 5. The number of nitro groups is 1. The highest BCUT2D eigenvalue weighted by atomic mass is 79.9. The molecule has 8 heteroatoms. The number of non-ortho nitro benzene ring substituents is 1. The van der Waals surface area contributed by atoms with Crippen molar-refractivity contribution in [2.75, 3.05) is 5.32 Å². The summed E-state index contributed by atoms with van der Waals surface area (Å²) >= 11 is 3.05. The predicted octanol–water partition coefficient (Wildman–Crippen LogP) is 2.91. The van der Waals surface area contributed by atoms with Crippen LogP contribution in [0.3, 0.4) is 0 Å². The van der Waals surface area contributed by atoms with E-state index in [9.17, 15) is 20.0 Å². The van der Waals surface area contributed by atoms with E-state index in [2.05, 4.69) is 21.2 Å². The molecule has 98 valence electrons. The Labute approximate surface area is 115 Å². The first-order chi connectivity index (χ1) is 8.97. The van der Waals surface area contributed by atoms with Crippen LogP contribution in [0.15, 0.2) is 39.4 Å². The van der Waals surface area contributed by atoms with Gasteiger partial charge in [0.25, 0.3) is 11.6 Å². The van der Waals surface area contributed by atoms with E-state index in [1.54, 1.807) is 6.07 Å². The van der Waals surface area contributed by atoms with E-state index < -0.39 is 16.6 Å². The van der Waals surface area contributed by atoms with Crippen molar-refractivity contribution in [3.63, 3.8) is 0 Å². The lowest BCUT2D eigenvalue weighted by molar-refractivity contribution is -0.384. The maximum absolute atomic E-state index is 11.7. The van der Waals surface area contributed by atoms with Crippen molar-refractivity contribution < 1.29 is 19.2 Å². The molecule has 0 fully saturated rings. The first-order valence-corrected chi connectivity index (χ1v) is 5.81. The van der Waals surface area contributed by atoms with E-state index in [-0.39, 0.29) is 17.1 Å². The third-order valence-corrected chi connectivity index (χ3v) is 2.66. The number of anilines is 1. The minimum absolute atomic E-state index is 0.0460. The van der Waals surface area contributed by atoms with Crippen molar-refractivity contribution >= 4 is 33.2 Å². The number of phenols is 1. The summed E-state index contributed by atoms with van der Waals surface area (Å²) in [6, 6.07) is 6.36. The highest BCUT2D eigenvalue weighted by Crippen LogP contribution is 2.28. The maximum atomic E-state index is 11.7. The summed E-state index contributed by atoms with van der Waals surface area (Å²) in [5.74, 6) is -0.923. The molecule has 2 rings (SSSR count). The summed E-state index contributed by atoms with van der Waals surface area (Å²) in [6.45, 7) is 0. The Bertz CT molecular complexity index is 652. The van der Waals surface area contributed by atoms with Gasteiger partial charge in [-0.2, -0.15) is 0 Å². The predicted molar refractivity (Wildman–Crippen MR) is 69.1 cm³/mol. The molecule has 0 unspecified atom stereocenters. The van der Waals surface area contributed by atoms with Gasteiger partial charge in [-0.05, 0) is 34.1 Å². The SMILES string of the molecule is O=C(Nc1ccc([N+](=O)[O-])cc1O)c1ccc(Br)o1. The summed E-state index contributed by atoms with van der Waals surface area (Å²) in [6.07, 6.45) is 0.